The number of benzene rings is 1. The maximum atomic E-state index is 11.8. The number of nitrogens with two attached hydrogens (primary N) is 1. The minimum absolute atomic E-state index is 0.0410. The van der Waals surface area contributed by atoms with E-state index < -0.39 is 5.91 Å². The van der Waals surface area contributed by atoms with Gasteiger partial charge in [0.25, 0.3) is 5.91 Å². The normalized spacial score (nSPS) is 10.4. The molecule has 0 fully saturated rings. The summed E-state index contributed by atoms with van der Waals surface area (Å²) in [5.41, 5.74) is 7.05. The molecule has 0 saturated carbocycles. The van der Waals surface area contributed by atoms with Crippen molar-refractivity contribution in [3.63, 3.8) is 0 Å². The predicted molar refractivity (Wildman–Crippen MR) is 68.5 cm³/mol. The summed E-state index contributed by atoms with van der Waals surface area (Å²) >= 11 is 0. The van der Waals surface area contributed by atoms with Gasteiger partial charge in [-0.3, -0.25) is 4.79 Å². The molecule has 4 N–H and O–H groups in total. The molecule has 1 aromatic heterocycles. The predicted octanol–water partition coefficient (Wildman–Crippen LogP) is 0.829. The van der Waals surface area contributed by atoms with Gasteiger partial charge >= 0.3 is 0 Å². The van der Waals surface area contributed by atoms with Gasteiger partial charge in [0, 0.05) is 12.3 Å². The molecule has 19 heavy (non-hydrogen) atoms. The van der Waals surface area contributed by atoms with E-state index in [1.54, 1.807) is 6.07 Å². The number of hydrogen-bond acceptors (Lipinski definition) is 6. The van der Waals surface area contributed by atoms with Crippen LogP contribution in [0.4, 0.5) is 11.5 Å². The highest BCUT2D eigenvalue weighted by Crippen LogP contribution is 2.14. The Labute approximate surface area is 109 Å². The number of nitrogens with one attached hydrogen (secondary N) is 1. The van der Waals surface area contributed by atoms with E-state index in [0.717, 1.165) is 12.0 Å². The fraction of sp³-hybridized carbons (Fsp3) is 0.250. The Balaban J connectivity index is 2.07. The number of nitrogens with zero attached hydrogens (tertiary/aromatic N) is 2. The molecule has 0 atom stereocenters. The maximum absolute atomic E-state index is 11.8. The van der Waals surface area contributed by atoms with Gasteiger partial charge in [-0.2, -0.15) is 0 Å². The molecule has 0 aliphatic carbocycles. The van der Waals surface area contributed by atoms with Crippen LogP contribution in [-0.4, -0.2) is 27.9 Å². The fourth-order valence-corrected chi connectivity index (χ4v) is 1.63. The van der Waals surface area contributed by atoms with Crippen molar-refractivity contribution in [3.8, 4) is 0 Å². The third kappa shape index (κ3) is 3.29. The monoisotopic (exact) mass is 262 g/mol. The number of amides is 1. The Morgan fingerprint density at radius 2 is 2.26 bits per heavy atom. The third-order valence-corrected chi connectivity index (χ3v) is 2.54. The largest absolute Gasteiger partial charge is 0.396 e. The maximum Gasteiger partial charge on any atom is 0.281 e. The lowest BCUT2D eigenvalue weighted by Gasteiger charge is -2.05. The van der Waals surface area contributed by atoms with Gasteiger partial charge in [0.05, 0.1) is 0 Å². The average Bonchev–Trinajstić information content (AvgIpc) is 2.83. The molecule has 1 amide bonds. The molecule has 0 aliphatic heterocycles. The Bertz CT molecular complexity index is 568. The van der Waals surface area contributed by atoms with Crippen molar-refractivity contribution in [1.82, 2.24) is 10.3 Å². The quantitative estimate of drug-likeness (QED) is 0.735. The molecule has 0 spiro atoms. The topological polar surface area (TPSA) is 114 Å². The fourth-order valence-electron chi connectivity index (χ4n) is 1.63. The number of anilines is 2. The van der Waals surface area contributed by atoms with Gasteiger partial charge < -0.3 is 16.2 Å². The summed E-state index contributed by atoms with van der Waals surface area (Å²) < 4.78 is 4.37. The van der Waals surface area contributed by atoms with Crippen molar-refractivity contribution in [2.75, 3.05) is 17.7 Å². The van der Waals surface area contributed by atoms with Gasteiger partial charge in [0.15, 0.2) is 0 Å². The van der Waals surface area contributed by atoms with Gasteiger partial charge in [-0.15, -0.1) is 0 Å². The standard InChI is InChI=1S/C12H14N4O3/c13-11-10(15-19-16-11)12(18)14-9-5-1-3-8(7-9)4-2-6-17/h1,3,5,7,17H,2,4,6H2,(H2,13,16)(H,14,18). The lowest BCUT2D eigenvalue weighted by molar-refractivity contribution is 0.101. The molecule has 0 aliphatic rings. The second-order valence-corrected chi connectivity index (χ2v) is 3.98. The van der Waals surface area contributed by atoms with Gasteiger partial charge in [-0.05, 0) is 40.9 Å². The third-order valence-electron chi connectivity index (χ3n) is 2.54. The number of aliphatic hydroxyl groups is 1. The Hall–Kier alpha value is -2.41. The molecule has 7 heteroatoms. The average molecular weight is 262 g/mol. The molecule has 0 unspecified atom stereocenters. The number of rotatable bonds is 5. The van der Waals surface area contributed by atoms with Crippen LogP contribution < -0.4 is 11.1 Å². The lowest BCUT2D eigenvalue weighted by atomic mass is 10.1. The van der Waals surface area contributed by atoms with Gasteiger partial charge in [0.1, 0.15) is 0 Å². The number of aryl methyl sites for hydroxylation is 1. The summed E-state index contributed by atoms with van der Waals surface area (Å²) in [5, 5.41) is 18.2. The second-order valence-electron chi connectivity index (χ2n) is 3.98. The van der Waals surface area contributed by atoms with Crippen molar-refractivity contribution in [3.05, 3.63) is 35.5 Å². The SMILES string of the molecule is Nc1nonc1C(=O)Nc1cccc(CCCO)c1. The summed E-state index contributed by atoms with van der Waals surface area (Å²) in [5.74, 6) is -0.521. The van der Waals surface area contributed by atoms with Crippen LogP contribution in [0.15, 0.2) is 28.9 Å². The van der Waals surface area contributed by atoms with Crippen molar-refractivity contribution in [2.45, 2.75) is 12.8 Å². The number of hydrogen-bond donors (Lipinski definition) is 3. The van der Waals surface area contributed by atoms with Gasteiger partial charge in [-0.25, -0.2) is 4.63 Å². The van der Waals surface area contributed by atoms with E-state index in [9.17, 15) is 4.79 Å². The van der Waals surface area contributed by atoms with Crippen LogP contribution in [0.1, 0.15) is 22.5 Å². The number of aromatic nitrogens is 2. The molecule has 0 saturated heterocycles. The molecule has 0 radical (unpaired) electrons. The number of carbonyl (C=O) groups excluding carboxylic acids is 1. The van der Waals surface area contributed by atoms with Crippen molar-refractivity contribution < 1.29 is 14.5 Å². The van der Waals surface area contributed by atoms with Crippen LogP contribution in [0.2, 0.25) is 0 Å². The summed E-state index contributed by atoms with van der Waals surface area (Å²) in [6.45, 7) is 0.137. The van der Waals surface area contributed by atoms with Crippen molar-refractivity contribution in [2.24, 2.45) is 0 Å². The van der Waals surface area contributed by atoms with Gasteiger partial charge in [-0.1, -0.05) is 12.1 Å². The summed E-state index contributed by atoms with van der Waals surface area (Å²) in [6.07, 6.45) is 1.42. The van der Waals surface area contributed by atoms with Crippen LogP contribution in [-0.2, 0) is 6.42 Å². The zero-order valence-electron chi connectivity index (χ0n) is 10.2. The second kappa shape index (κ2) is 5.96. The van der Waals surface area contributed by atoms with Crippen LogP contribution in [0.3, 0.4) is 0 Å². The first-order chi connectivity index (χ1) is 9.20. The molecule has 7 nitrogen and oxygen atoms in total. The first-order valence-corrected chi connectivity index (χ1v) is 5.80. The molecule has 1 heterocycles. The molecule has 0 bridgehead atoms. The zero-order chi connectivity index (χ0) is 13.7. The van der Waals surface area contributed by atoms with E-state index in [2.05, 4.69) is 20.3 Å². The Morgan fingerprint density at radius 1 is 1.42 bits per heavy atom. The van der Waals surface area contributed by atoms with E-state index >= 15 is 0 Å². The van der Waals surface area contributed by atoms with E-state index in [1.165, 1.54) is 0 Å². The van der Waals surface area contributed by atoms with Crippen LogP contribution in [0.5, 0.6) is 0 Å². The highest BCUT2D eigenvalue weighted by Gasteiger charge is 2.15. The lowest BCUT2D eigenvalue weighted by Crippen LogP contribution is -2.14. The van der Waals surface area contributed by atoms with Crippen LogP contribution in [0.25, 0.3) is 0 Å². The number of carbonyl (C=O) groups is 1. The number of aliphatic hydroxyl groups excluding tert-OH is 1. The molecular formula is C12H14N4O3. The summed E-state index contributed by atoms with van der Waals surface area (Å²) in [4.78, 5) is 11.8. The molecule has 2 rings (SSSR count). The van der Waals surface area contributed by atoms with E-state index in [1.807, 2.05) is 18.2 Å². The van der Waals surface area contributed by atoms with Crippen LogP contribution in [0, 0.1) is 0 Å². The van der Waals surface area contributed by atoms with Crippen LogP contribution >= 0.6 is 0 Å². The molecule has 1 aromatic carbocycles. The number of nitrogen functional groups attached to an aromatic ring is 1. The van der Waals surface area contributed by atoms with Crippen molar-refractivity contribution in [1.29, 1.82) is 0 Å². The highest BCUT2D eigenvalue weighted by molar-refractivity contribution is 6.05. The summed E-state index contributed by atoms with van der Waals surface area (Å²) in [7, 11) is 0. The molecule has 100 valence electrons. The molecule has 2 aromatic rings. The Morgan fingerprint density at radius 3 is 2.95 bits per heavy atom. The van der Waals surface area contributed by atoms with E-state index in [0.29, 0.717) is 12.1 Å². The first-order valence-electron chi connectivity index (χ1n) is 5.80. The zero-order valence-corrected chi connectivity index (χ0v) is 10.2. The smallest absolute Gasteiger partial charge is 0.281 e. The molecular weight excluding hydrogens is 248 g/mol. The first kappa shape index (κ1) is 13.0. The highest BCUT2D eigenvalue weighted by atomic mass is 16.6. The minimum atomic E-state index is -0.474. The van der Waals surface area contributed by atoms with E-state index in [4.69, 9.17) is 10.8 Å². The van der Waals surface area contributed by atoms with Gasteiger partial charge in [0.2, 0.25) is 11.5 Å². The Kier molecular flexibility index (Phi) is 4.09. The minimum Gasteiger partial charge on any atom is -0.396 e. The summed E-state index contributed by atoms with van der Waals surface area (Å²) in [6, 6.07) is 7.34. The van der Waals surface area contributed by atoms with Crippen molar-refractivity contribution >= 4 is 17.4 Å². The van der Waals surface area contributed by atoms with E-state index in [-0.39, 0.29) is 18.1 Å².